The number of nitrogens with one attached hydrogen (secondary N) is 1. The van der Waals surface area contributed by atoms with Crippen LogP contribution in [0.15, 0.2) is 18.2 Å². The predicted molar refractivity (Wildman–Crippen MR) is 71.8 cm³/mol. The van der Waals surface area contributed by atoms with Crippen molar-refractivity contribution in [1.29, 1.82) is 0 Å². The van der Waals surface area contributed by atoms with Gasteiger partial charge in [0.15, 0.2) is 0 Å². The molecule has 8 heteroatoms. The molecule has 1 saturated heterocycles. The molecule has 4 amide bonds. The minimum absolute atomic E-state index is 0.0224. The van der Waals surface area contributed by atoms with Crippen LogP contribution in [-0.2, 0) is 9.59 Å². The number of benzene rings is 1. The number of imide groups is 1. The summed E-state index contributed by atoms with van der Waals surface area (Å²) in [5.74, 6) is -2.80. The smallest absolute Gasteiger partial charge is 0.324 e. The Morgan fingerprint density at radius 2 is 1.82 bits per heavy atom. The van der Waals surface area contributed by atoms with E-state index in [0.29, 0.717) is 6.07 Å². The van der Waals surface area contributed by atoms with Gasteiger partial charge in [-0.25, -0.2) is 13.6 Å². The van der Waals surface area contributed by atoms with Crippen LogP contribution < -0.4 is 5.32 Å². The maximum absolute atomic E-state index is 13.0. The SMILES string of the molecule is O=C(CN1C(=O)CN(C2CC2)C1=O)Nc1cc(F)cc(F)c1. The predicted octanol–water partition coefficient (Wildman–Crippen LogP) is 1.33. The zero-order valence-electron chi connectivity index (χ0n) is 11.5. The summed E-state index contributed by atoms with van der Waals surface area (Å²) < 4.78 is 26.1. The molecule has 2 fully saturated rings. The van der Waals surface area contributed by atoms with Crippen molar-refractivity contribution < 1.29 is 23.2 Å². The average Bonchev–Trinajstić information content (AvgIpc) is 3.20. The van der Waals surface area contributed by atoms with E-state index in [0.717, 1.165) is 29.9 Å². The average molecular weight is 309 g/mol. The fourth-order valence-corrected chi connectivity index (χ4v) is 2.36. The third-order valence-electron chi connectivity index (χ3n) is 3.52. The molecule has 1 aromatic rings. The summed E-state index contributed by atoms with van der Waals surface area (Å²) in [5.41, 5.74) is -0.0688. The quantitative estimate of drug-likeness (QED) is 0.853. The Balaban J connectivity index is 1.64. The highest BCUT2D eigenvalue weighted by atomic mass is 19.1. The number of urea groups is 1. The van der Waals surface area contributed by atoms with Crippen molar-refractivity contribution in [3.8, 4) is 0 Å². The molecule has 0 aromatic heterocycles. The molecular formula is C14H13F2N3O3. The Hall–Kier alpha value is -2.51. The highest BCUT2D eigenvalue weighted by molar-refractivity contribution is 6.06. The Bertz CT molecular complexity index is 640. The number of hydrogen-bond donors (Lipinski definition) is 1. The molecule has 1 saturated carbocycles. The summed E-state index contributed by atoms with van der Waals surface area (Å²) in [5, 5.41) is 2.27. The Kier molecular flexibility index (Phi) is 3.51. The van der Waals surface area contributed by atoms with Gasteiger partial charge in [0.05, 0.1) is 0 Å². The van der Waals surface area contributed by atoms with Gasteiger partial charge in [0.1, 0.15) is 24.7 Å². The Labute approximate surface area is 124 Å². The van der Waals surface area contributed by atoms with Crippen LogP contribution in [0.25, 0.3) is 0 Å². The maximum Gasteiger partial charge on any atom is 0.327 e. The summed E-state index contributed by atoms with van der Waals surface area (Å²) in [7, 11) is 0. The first-order valence-electron chi connectivity index (χ1n) is 6.81. The molecule has 1 aliphatic carbocycles. The van der Waals surface area contributed by atoms with Crippen molar-refractivity contribution in [2.45, 2.75) is 18.9 Å². The van der Waals surface area contributed by atoms with Gasteiger partial charge in [-0.1, -0.05) is 0 Å². The number of anilines is 1. The minimum Gasteiger partial charge on any atom is -0.324 e. The van der Waals surface area contributed by atoms with E-state index in [-0.39, 0.29) is 18.3 Å². The van der Waals surface area contributed by atoms with E-state index in [1.807, 2.05) is 0 Å². The third kappa shape index (κ3) is 2.90. The van der Waals surface area contributed by atoms with Gasteiger partial charge in [0, 0.05) is 17.8 Å². The summed E-state index contributed by atoms with van der Waals surface area (Å²) in [4.78, 5) is 38.0. The van der Waals surface area contributed by atoms with Gasteiger partial charge in [-0.05, 0) is 25.0 Å². The van der Waals surface area contributed by atoms with Crippen molar-refractivity contribution in [3.63, 3.8) is 0 Å². The van der Waals surface area contributed by atoms with Gasteiger partial charge in [-0.3, -0.25) is 14.5 Å². The van der Waals surface area contributed by atoms with Gasteiger partial charge in [0.25, 0.3) is 5.91 Å². The molecule has 3 rings (SSSR count). The van der Waals surface area contributed by atoms with E-state index in [4.69, 9.17) is 0 Å². The number of hydrogen-bond acceptors (Lipinski definition) is 3. The first-order chi connectivity index (χ1) is 10.4. The molecule has 22 heavy (non-hydrogen) atoms. The molecule has 1 aliphatic heterocycles. The van der Waals surface area contributed by atoms with Crippen molar-refractivity contribution >= 4 is 23.5 Å². The van der Waals surface area contributed by atoms with Gasteiger partial charge in [0.2, 0.25) is 5.91 Å². The first-order valence-corrected chi connectivity index (χ1v) is 6.81. The van der Waals surface area contributed by atoms with E-state index in [1.54, 1.807) is 0 Å². The molecule has 0 spiro atoms. The molecule has 0 unspecified atom stereocenters. The summed E-state index contributed by atoms with van der Waals surface area (Å²) in [6.07, 6.45) is 1.73. The lowest BCUT2D eigenvalue weighted by molar-refractivity contribution is -0.129. The molecule has 1 aromatic carbocycles. The molecule has 116 valence electrons. The van der Waals surface area contributed by atoms with Crippen LogP contribution >= 0.6 is 0 Å². The van der Waals surface area contributed by atoms with Crippen molar-refractivity contribution in [2.24, 2.45) is 0 Å². The van der Waals surface area contributed by atoms with Crippen LogP contribution in [0.1, 0.15) is 12.8 Å². The third-order valence-corrected chi connectivity index (χ3v) is 3.52. The molecular weight excluding hydrogens is 296 g/mol. The largest absolute Gasteiger partial charge is 0.327 e. The number of carbonyl (C=O) groups is 3. The van der Waals surface area contributed by atoms with Crippen LogP contribution in [0.3, 0.4) is 0 Å². The van der Waals surface area contributed by atoms with Crippen LogP contribution in [0.5, 0.6) is 0 Å². The molecule has 0 atom stereocenters. The standard InChI is InChI=1S/C14H13F2N3O3/c15-8-3-9(16)5-10(4-8)17-12(20)6-19-13(21)7-18(14(19)22)11-1-2-11/h3-5,11H,1-2,6-7H2,(H,17,20). The normalized spacial score (nSPS) is 18.1. The van der Waals surface area contributed by atoms with E-state index < -0.39 is 36.0 Å². The van der Waals surface area contributed by atoms with Gasteiger partial charge in [-0.2, -0.15) is 0 Å². The van der Waals surface area contributed by atoms with Crippen molar-refractivity contribution in [1.82, 2.24) is 9.80 Å². The fraction of sp³-hybridized carbons (Fsp3) is 0.357. The van der Waals surface area contributed by atoms with Gasteiger partial charge < -0.3 is 10.2 Å². The molecule has 0 radical (unpaired) electrons. The summed E-state index contributed by atoms with van der Waals surface area (Å²) >= 11 is 0. The Morgan fingerprint density at radius 1 is 1.18 bits per heavy atom. The second-order valence-electron chi connectivity index (χ2n) is 5.33. The zero-order chi connectivity index (χ0) is 15.9. The van der Waals surface area contributed by atoms with Crippen molar-refractivity contribution in [2.75, 3.05) is 18.4 Å². The van der Waals surface area contributed by atoms with Gasteiger partial charge in [-0.15, -0.1) is 0 Å². The maximum atomic E-state index is 13.0. The molecule has 1 heterocycles. The highest BCUT2D eigenvalue weighted by Crippen LogP contribution is 2.30. The molecule has 1 N–H and O–H groups in total. The minimum atomic E-state index is -0.830. The van der Waals surface area contributed by atoms with Crippen LogP contribution in [0.2, 0.25) is 0 Å². The number of amides is 4. The lowest BCUT2D eigenvalue weighted by Crippen LogP contribution is -2.39. The van der Waals surface area contributed by atoms with E-state index in [1.165, 1.54) is 4.90 Å². The topological polar surface area (TPSA) is 69.7 Å². The van der Waals surface area contributed by atoms with Crippen LogP contribution in [0, 0.1) is 11.6 Å². The van der Waals surface area contributed by atoms with Crippen LogP contribution in [-0.4, -0.2) is 46.8 Å². The Morgan fingerprint density at radius 3 is 2.41 bits per heavy atom. The van der Waals surface area contributed by atoms with E-state index >= 15 is 0 Å². The molecule has 0 bridgehead atoms. The first kappa shape index (κ1) is 14.4. The second-order valence-corrected chi connectivity index (χ2v) is 5.33. The van der Waals surface area contributed by atoms with E-state index in [9.17, 15) is 23.2 Å². The second kappa shape index (κ2) is 5.36. The summed E-state index contributed by atoms with van der Waals surface area (Å²) in [6, 6.07) is 2.17. The summed E-state index contributed by atoms with van der Waals surface area (Å²) in [6.45, 7) is -0.496. The zero-order valence-corrected chi connectivity index (χ0v) is 11.5. The number of nitrogens with zero attached hydrogens (tertiary/aromatic N) is 2. The number of carbonyl (C=O) groups excluding carboxylic acids is 3. The number of halogens is 2. The lowest BCUT2D eigenvalue weighted by atomic mass is 10.3. The lowest BCUT2D eigenvalue weighted by Gasteiger charge is -2.16. The van der Waals surface area contributed by atoms with E-state index in [2.05, 4.69) is 5.32 Å². The number of rotatable bonds is 4. The van der Waals surface area contributed by atoms with Crippen molar-refractivity contribution in [3.05, 3.63) is 29.8 Å². The highest BCUT2D eigenvalue weighted by Gasteiger charge is 2.44. The fourth-order valence-electron chi connectivity index (χ4n) is 2.36. The molecule has 6 nitrogen and oxygen atoms in total. The van der Waals surface area contributed by atoms with Gasteiger partial charge >= 0.3 is 6.03 Å². The monoisotopic (exact) mass is 309 g/mol. The van der Waals surface area contributed by atoms with Crippen LogP contribution in [0.4, 0.5) is 19.3 Å². The molecule has 2 aliphatic rings.